The van der Waals surface area contributed by atoms with Crippen LogP contribution >= 0.6 is 0 Å². The van der Waals surface area contributed by atoms with Crippen LogP contribution in [0.5, 0.6) is 11.6 Å². The fourth-order valence-corrected chi connectivity index (χ4v) is 5.59. The zero-order chi connectivity index (χ0) is 29.2. The predicted octanol–water partition coefficient (Wildman–Crippen LogP) is 4.47. The number of likely N-dealkylation sites (N-methyl/N-ethyl adjacent to an activating group) is 2. The summed E-state index contributed by atoms with van der Waals surface area (Å²) in [5, 5.41) is 3.72. The number of anilines is 3. The van der Waals surface area contributed by atoms with Gasteiger partial charge in [0.15, 0.2) is 17.4 Å². The molecule has 2 aromatic carbocycles. The molecule has 2 aromatic heterocycles. The molecule has 0 radical (unpaired) electrons. The fraction of sp³-hybridized carbons (Fsp3) is 0.387. The fourth-order valence-electron chi connectivity index (χ4n) is 5.59. The number of hydrogen-bond acceptors (Lipinski definition) is 8. The van der Waals surface area contributed by atoms with E-state index in [1.807, 2.05) is 26.1 Å². The van der Waals surface area contributed by atoms with Gasteiger partial charge in [0.1, 0.15) is 11.9 Å². The number of carbonyl (C=O) groups is 1. The molecule has 220 valence electrons. The van der Waals surface area contributed by atoms with Gasteiger partial charge in [-0.25, -0.2) is 14.4 Å². The molecular formula is C31H37FN8O2. The SMILES string of the molecule is CCN1CCN(c2ccc(Nc3ncnc(Oc4ccc5[nH]c(C)cc5c4F)c3C(=O)N3CCN(C)CC3)cc2)CC1. The van der Waals surface area contributed by atoms with Crippen LogP contribution in [0.4, 0.5) is 21.6 Å². The lowest BCUT2D eigenvalue weighted by atomic mass is 10.2. The van der Waals surface area contributed by atoms with Crippen molar-refractivity contribution in [2.24, 2.45) is 0 Å². The molecule has 0 spiro atoms. The number of hydrogen-bond donors (Lipinski definition) is 2. The van der Waals surface area contributed by atoms with Crippen LogP contribution in [-0.2, 0) is 0 Å². The summed E-state index contributed by atoms with van der Waals surface area (Å²) < 4.78 is 21.5. The highest BCUT2D eigenvalue weighted by atomic mass is 19.1. The van der Waals surface area contributed by atoms with Crippen LogP contribution in [-0.4, -0.2) is 102 Å². The molecule has 2 aliphatic heterocycles. The molecule has 4 heterocycles. The first-order valence-electron chi connectivity index (χ1n) is 14.5. The van der Waals surface area contributed by atoms with Crippen LogP contribution < -0.4 is 15.0 Å². The number of rotatable bonds is 7. The Kier molecular flexibility index (Phi) is 7.94. The Morgan fingerprint density at radius 2 is 1.74 bits per heavy atom. The van der Waals surface area contributed by atoms with E-state index in [9.17, 15) is 4.79 Å². The average Bonchev–Trinajstić information content (AvgIpc) is 3.40. The maximum Gasteiger partial charge on any atom is 0.263 e. The third-order valence-electron chi connectivity index (χ3n) is 8.18. The van der Waals surface area contributed by atoms with Gasteiger partial charge in [-0.1, -0.05) is 6.92 Å². The van der Waals surface area contributed by atoms with Gasteiger partial charge in [0.25, 0.3) is 5.91 Å². The van der Waals surface area contributed by atoms with Gasteiger partial charge in [-0.2, -0.15) is 0 Å². The maximum absolute atomic E-state index is 15.5. The molecule has 2 fully saturated rings. The quantitative estimate of drug-likeness (QED) is 0.335. The van der Waals surface area contributed by atoms with Crippen molar-refractivity contribution in [2.75, 3.05) is 76.2 Å². The summed E-state index contributed by atoms with van der Waals surface area (Å²) in [6.45, 7) is 11.8. The van der Waals surface area contributed by atoms with E-state index < -0.39 is 5.82 Å². The van der Waals surface area contributed by atoms with Crippen molar-refractivity contribution in [3.8, 4) is 11.6 Å². The minimum absolute atomic E-state index is 0.00681. The number of halogens is 1. The molecule has 2 N–H and O–H groups in total. The number of aryl methyl sites for hydroxylation is 1. The Morgan fingerprint density at radius 3 is 2.45 bits per heavy atom. The minimum Gasteiger partial charge on any atom is -0.435 e. The van der Waals surface area contributed by atoms with Crippen molar-refractivity contribution in [1.29, 1.82) is 0 Å². The summed E-state index contributed by atoms with van der Waals surface area (Å²) >= 11 is 0. The van der Waals surface area contributed by atoms with Crippen molar-refractivity contribution in [2.45, 2.75) is 13.8 Å². The van der Waals surface area contributed by atoms with Crippen molar-refractivity contribution in [1.82, 2.24) is 29.7 Å². The lowest BCUT2D eigenvalue weighted by Crippen LogP contribution is -2.47. The van der Waals surface area contributed by atoms with Crippen molar-refractivity contribution >= 4 is 34.0 Å². The molecule has 0 saturated carbocycles. The Hall–Kier alpha value is -4.22. The van der Waals surface area contributed by atoms with Gasteiger partial charge in [0.2, 0.25) is 5.88 Å². The second-order valence-electron chi connectivity index (χ2n) is 11.0. The van der Waals surface area contributed by atoms with Gasteiger partial charge in [-0.15, -0.1) is 0 Å². The number of aromatic amines is 1. The average molecular weight is 573 g/mol. The zero-order valence-electron chi connectivity index (χ0n) is 24.4. The van der Waals surface area contributed by atoms with Crippen molar-refractivity contribution < 1.29 is 13.9 Å². The third-order valence-corrected chi connectivity index (χ3v) is 8.18. The Bertz CT molecular complexity index is 1560. The Morgan fingerprint density at radius 1 is 1.00 bits per heavy atom. The summed E-state index contributed by atoms with van der Waals surface area (Å²) in [5.74, 6) is -0.463. The summed E-state index contributed by atoms with van der Waals surface area (Å²) in [4.78, 5) is 34.6. The normalized spacial score (nSPS) is 16.7. The molecule has 42 heavy (non-hydrogen) atoms. The molecule has 10 nitrogen and oxygen atoms in total. The predicted molar refractivity (Wildman–Crippen MR) is 163 cm³/mol. The number of H-pyrrole nitrogens is 1. The summed E-state index contributed by atoms with van der Waals surface area (Å²) in [5.41, 5.74) is 3.62. The van der Waals surface area contributed by atoms with Crippen LogP contribution in [0.1, 0.15) is 23.0 Å². The van der Waals surface area contributed by atoms with E-state index in [2.05, 4.69) is 54.0 Å². The largest absolute Gasteiger partial charge is 0.435 e. The molecule has 2 aliphatic rings. The minimum atomic E-state index is -0.515. The number of nitrogens with one attached hydrogen (secondary N) is 2. The first-order chi connectivity index (χ1) is 20.4. The van der Waals surface area contributed by atoms with E-state index in [0.29, 0.717) is 29.8 Å². The molecule has 0 bridgehead atoms. The molecule has 6 rings (SSSR count). The molecule has 4 aromatic rings. The van der Waals surface area contributed by atoms with Crippen LogP contribution in [0.2, 0.25) is 0 Å². The lowest BCUT2D eigenvalue weighted by Gasteiger charge is -2.35. The standard InChI is InChI=1S/C31H37FN8O2/c1-4-38-13-17-39(18-14-38)23-7-5-22(6-8-23)36-29-27(31(41)40-15-11-37(3)12-16-40)30(34-20-33-29)42-26-10-9-25-24(28(26)32)19-21(2)35-25/h5-10,19-20,35H,4,11-18H2,1-3H3,(H,33,34,36). The number of nitrogens with zero attached hydrogens (tertiary/aromatic N) is 6. The number of carbonyl (C=O) groups excluding carboxylic acids is 1. The van der Waals surface area contributed by atoms with Crippen LogP contribution in [0, 0.1) is 12.7 Å². The highest BCUT2D eigenvalue weighted by Gasteiger charge is 2.29. The van der Waals surface area contributed by atoms with Gasteiger partial charge in [-0.05, 0) is 63.0 Å². The van der Waals surface area contributed by atoms with Crippen molar-refractivity contribution in [3.05, 3.63) is 65.9 Å². The van der Waals surface area contributed by atoms with E-state index in [4.69, 9.17) is 4.74 Å². The Balaban J connectivity index is 1.30. The molecule has 11 heteroatoms. The molecule has 1 amide bonds. The molecule has 2 saturated heterocycles. The zero-order valence-corrected chi connectivity index (χ0v) is 24.4. The Labute approximate surface area is 245 Å². The summed E-state index contributed by atoms with van der Waals surface area (Å²) in [6, 6.07) is 13.2. The second kappa shape index (κ2) is 11.9. The first kappa shape index (κ1) is 27.9. The number of fused-ring (bicyclic) bond motifs is 1. The number of amides is 1. The molecular weight excluding hydrogens is 535 g/mol. The van der Waals surface area contributed by atoms with E-state index >= 15 is 4.39 Å². The number of ether oxygens (including phenoxy) is 1. The van der Waals surface area contributed by atoms with E-state index in [1.165, 1.54) is 6.33 Å². The van der Waals surface area contributed by atoms with Crippen LogP contribution in [0.3, 0.4) is 0 Å². The summed E-state index contributed by atoms with van der Waals surface area (Å²) in [7, 11) is 2.03. The molecule has 0 atom stereocenters. The smallest absolute Gasteiger partial charge is 0.263 e. The van der Waals surface area contributed by atoms with E-state index in [0.717, 1.165) is 62.9 Å². The highest BCUT2D eigenvalue weighted by Crippen LogP contribution is 2.34. The van der Waals surface area contributed by atoms with E-state index in [1.54, 1.807) is 23.1 Å². The summed E-state index contributed by atoms with van der Waals surface area (Å²) in [6.07, 6.45) is 1.33. The van der Waals surface area contributed by atoms with Crippen LogP contribution in [0.15, 0.2) is 48.8 Å². The second-order valence-corrected chi connectivity index (χ2v) is 11.0. The van der Waals surface area contributed by atoms with Gasteiger partial charge in [0.05, 0.1) is 0 Å². The lowest BCUT2D eigenvalue weighted by molar-refractivity contribution is 0.0661. The molecule has 0 aliphatic carbocycles. The monoisotopic (exact) mass is 572 g/mol. The topological polar surface area (TPSA) is 92.9 Å². The number of piperazine rings is 2. The molecule has 0 unspecified atom stereocenters. The van der Waals surface area contributed by atoms with Gasteiger partial charge < -0.3 is 34.6 Å². The first-order valence-corrected chi connectivity index (χ1v) is 14.5. The van der Waals surface area contributed by atoms with Gasteiger partial charge in [0, 0.05) is 80.3 Å². The van der Waals surface area contributed by atoms with E-state index in [-0.39, 0.29) is 23.1 Å². The number of aromatic nitrogens is 3. The van der Waals surface area contributed by atoms with Crippen LogP contribution in [0.25, 0.3) is 10.9 Å². The maximum atomic E-state index is 15.5. The van der Waals surface area contributed by atoms with Crippen molar-refractivity contribution in [3.63, 3.8) is 0 Å². The highest BCUT2D eigenvalue weighted by molar-refractivity contribution is 6.01. The van der Waals surface area contributed by atoms with Gasteiger partial charge >= 0.3 is 0 Å². The van der Waals surface area contributed by atoms with Gasteiger partial charge in [-0.3, -0.25) is 4.79 Å². The third kappa shape index (κ3) is 5.75. The number of benzene rings is 2.